The summed E-state index contributed by atoms with van der Waals surface area (Å²) in [5, 5.41) is 20.2. The number of hydrogen-bond acceptors (Lipinski definition) is 2. The van der Waals surface area contributed by atoms with Crippen LogP contribution in [0.15, 0.2) is 63.5 Å². The van der Waals surface area contributed by atoms with Gasteiger partial charge in [-0.1, -0.05) is 30.3 Å². The molecule has 3 aromatic rings. The molecule has 0 spiro atoms. The molecule has 1 unspecified atom stereocenters. The molecular weight excluding hydrogens is 456 g/mol. The van der Waals surface area contributed by atoms with Gasteiger partial charge in [0.25, 0.3) is 0 Å². The lowest BCUT2D eigenvalue weighted by Gasteiger charge is -2.19. The standard InChI is InChI=1S/C22H16Br2O2/c1-12-7-15(25)10-18-16(12)11-17(21(18)13-5-3-2-4-6-13)14-8-19(23)22(26)20(24)9-14/h2-11,21,25-26H,1H3. The molecule has 3 aromatic carbocycles. The number of halogens is 2. The summed E-state index contributed by atoms with van der Waals surface area (Å²) in [6.07, 6.45) is 2.19. The summed E-state index contributed by atoms with van der Waals surface area (Å²) >= 11 is 6.87. The lowest BCUT2D eigenvalue weighted by Crippen LogP contribution is -2.01. The Hall–Kier alpha value is -2.04. The minimum atomic E-state index is 0.0281. The number of hydrogen-bond donors (Lipinski definition) is 2. The van der Waals surface area contributed by atoms with Crippen molar-refractivity contribution >= 4 is 43.5 Å². The van der Waals surface area contributed by atoms with Gasteiger partial charge in [0, 0.05) is 5.92 Å². The van der Waals surface area contributed by atoms with E-state index in [1.54, 1.807) is 6.07 Å². The Bertz CT molecular complexity index is 1020. The van der Waals surface area contributed by atoms with Crippen LogP contribution in [0.2, 0.25) is 0 Å². The molecule has 0 amide bonds. The molecule has 1 atom stereocenters. The third-order valence-corrected chi connectivity index (χ3v) is 6.02. The summed E-state index contributed by atoms with van der Waals surface area (Å²) in [5.41, 5.74) is 6.62. The molecule has 0 aliphatic heterocycles. The summed E-state index contributed by atoms with van der Waals surface area (Å²) in [4.78, 5) is 0. The zero-order valence-corrected chi connectivity index (χ0v) is 17.2. The van der Waals surface area contributed by atoms with Gasteiger partial charge in [-0.25, -0.2) is 0 Å². The maximum Gasteiger partial charge on any atom is 0.143 e. The first-order valence-electron chi connectivity index (χ1n) is 8.24. The monoisotopic (exact) mass is 470 g/mol. The van der Waals surface area contributed by atoms with Crippen molar-refractivity contribution in [3.05, 3.63) is 91.4 Å². The molecule has 130 valence electrons. The number of benzene rings is 3. The highest BCUT2D eigenvalue weighted by atomic mass is 79.9. The fraction of sp³-hybridized carbons (Fsp3) is 0.0909. The molecule has 1 aliphatic carbocycles. The lowest BCUT2D eigenvalue weighted by molar-refractivity contribution is 0.468. The van der Waals surface area contributed by atoms with Crippen molar-refractivity contribution in [3.8, 4) is 11.5 Å². The number of aryl methyl sites for hydroxylation is 1. The maximum absolute atomic E-state index is 10.2. The Kier molecular flexibility index (Phi) is 4.41. The van der Waals surface area contributed by atoms with E-state index >= 15 is 0 Å². The van der Waals surface area contributed by atoms with E-state index in [0.29, 0.717) is 8.95 Å². The van der Waals surface area contributed by atoms with Crippen LogP contribution in [-0.2, 0) is 0 Å². The van der Waals surface area contributed by atoms with Gasteiger partial charge in [0.1, 0.15) is 11.5 Å². The van der Waals surface area contributed by atoms with Crippen LogP contribution in [0.1, 0.15) is 33.7 Å². The fourth-order valence-electron chi connectivity index (χ4n) is 3.64. The highest BCUT2D eigenvalue weighted by molar-refractivity contribution is 9.11. The van der Waals surface area contributed by atoms with Crippen LogP contribution in [0.3, 0.4) is 0 Å². The van der Waals surface area contributed by atoms with Crippen molar-refractivity contribution in [2.45, 2.75) is 12.8 Å². The fourth-order valence-corrected chi connectivity index (χ4v) is 4.82. The molecule has 2 N–H and O–H groups in total. The van der Waals surface area contributed by atoms with E-state index in [-0.39, 0.29) is 17.4 Å². The predicted octanol–water partition coefficient (Wildman–Crippen LogP) is 6.62. The number of rotatable bonds is 2. The van der Waals surface area contributed by atoms with Crippen LogP contribution in [-0.4, -0.2) is 10.2 Å². The van der Waals surface area contributed by atoms with Gasteiger partial charge in [-0.05, 0) is 103 Å². The van der Waals surface area contributed by atoms with Gasteiger partial charge in [0.2, 0.25) is 0 Å². The molecule has 1 aliphatic rings. The largest absolute Gasteiger partial charge is 0.508 e. The zero-order chi connectivity index (χ0) is 18.4. The topological polar surface area (TPSA) is 40.5 Å². The molecule has 4 rings (SSSR count). The summed E-state index contributed by atoms with van der Waals surface area (Å²) in [5.74, 6) is 0.500. The smallest absolute Gasteiger partial charge is 0.143 e. The minimum absolute atomic E-state index is 0.0281. The molecule has 0 heterocycles. The molecular formula is C22H16Br2O2. The van der Waals surface area contributed by atoms with Crippen molar-refractivity contribution in [2.24, 2.45) is 0 Å². The second-order valence-electron chi connectivity index (χ2n) is 6.50. The van der Waals surface area contributed by atoms with Gasteiger partial charge in [0.05, 0.1) is 8.95 Å². The summed E-state index contributed by atoms with van der Waals surface area (Å²) in [6, 6.07) is 17.8. The first-order valence-corrected chi connectivity index (χ1v) is 9.82. The van der Waals surface area contributed by atoms with Gasteiger partial charge >= 0.3 is 0 Å². The van der Waals surface area contributed by atoms with Gasteiger partial charge in [-0.15, -0.1) is 0 Å². The third-order valence-electron chi connectivity index (χ3n) is 4.81. The van der Waals surface area contributed by atoms with E-state index in [4.69, 9.17) is 0 Å². The van der Waals surface area contributed by atoms with Gasteiger partial charge in [-0.2, -0.15) is 0 Å². The van der Waals surface area contributed by atoms with Gasteiger partial charge in [0.15, 0.2) is 0 Å². The Morgan fingerprint density at radius 1 is 0.885 bits per heavy atom. The van der Waals surface area contributed by atoms with Crippen molar-refractivity contribution in [1.82, 2.24) is 0 Å². The molecule has 0 bridgehead atoms. The van der Waals surface area contributed by atoms with E-state index in [1.165, 1.54) is 5.56 Å². The molecule has 0 fully saturated rings. The highest BCUT2D eigenvalue weighted by Gasteiger charge is 2.30. The van der Waals surface area contributed by atoms with Crippen molar-refractivity contribution in [3.63, 3.8) is 0 Å². The second-order valence-corrected chi connectivity index (χ2v) is 8.21. The Morgan fingerprint density at radius 3 is 2.19 bits per heavy atom. The van der Waals surface area contributed by atoms with E-state index < -0.39 is 0 Å². The lowest BCUT2D eigenvalue weighted by atomic mass is 9.85. The van der Waals surface area contributed by atoms with Gasteiger partial charge < -0.3 is 10.2 Å². The van der Waals surface area contributed by atoms with Crippen molar-refractivity contribution < 1.29 is 10.2 Å². The van der Waals surface area contributed by atoms with E-state index in [0.717, 1.165) is 27.8 Å². The summed E-state index contributed by atoms with van der Waals surface area (Å²) in [6.45, 7) is 2.02. The molecule has 2 nitrogen and oxygen atoms in total. The van der Waals surface area contributed by atoms with E-state index in [9.17, 15) is 10.2 Å². The maximum atomic E-state index is 10.2. The van der Waals surface area contributed by atoms with E-state index in [1.807, 2.05) is 43.3 Å². The number of allylic oxidation sites excluding steroid dienone is 1. The predicted molar refractivity (Wildman–Crippen MR) is 113 cm³/mol. The Labute approximate surface area is 169 Å². The molecule has 4 heteroatoms. The molecule has 0 radical (unpaired) electrons. The molecule has 0 aromatic heterocycles. The Balaban J connectivity index is 1.96. The average molecular weight is 472 g/mol. The normalized spacial score (nSPS) is 15.7. The third kappa shape index (κ3) is 2.87. The first-order chi connectivity index (χ1) is 12.5. The highest BCUT2D eigenvalue weighted by Crippen LogP contribution is 2.49. The SMILES string of the molecule is Cc1cc(O)cc2c1C=C(c1cc(Br)c(O)c(Br)c1)C2c1ccccc1. The average Bonchev–Trinajstić information content (AvgIpc) is 2.99. The van der Waals surface area contributed by atoms with Crippen LogP contribution >= 0.6 is 31.9 Å². The van der Waals surface area contributed by atoms with Crippen LogP contribution in [0, 0.1) is 6.92 Å². The Morgan fingerprint density at radius 2 is 1.54 bits per heavy atom. The number of aromatic hydroxyl groups is 2. The van der Waals surface area contributed by atoms with Crippen LogP contribution in [0.5, 0.6) is 11.5 Å². The van der Waals surface area contributed by atoms with Gasteiger partial charge in [-0.3, -0.25) is 0 Å². The van der Waals surface area contributed by atoms with Crippen LogP contribution in [0.4, 0.5) is 0 Å². The summed E-state index contributed by atoms with van der Waals surface area (Å²) in [7, 11) is 0. The number of fused-ring (bicyclic) bond motifs is 1. The zero-order valence-electron chi connectivity index (χ0n) is 14.0. The van der Waals surface area contributed by atoms with Crippen molar-refractivity contribution in [2.75, 3.05) is 0 Å². The molecule has 26 heavy (non-hydrogen) atoms. The number of phenolic OH excluding ortho intramolecular Hbond substituents is 2. The minimum Gasteiger partial charge on any atom is -0.508 e. The quantitative estimate of drug-likeness (QED) is 0.441. The second kappa shape index (κ2) is 6.60. The molecule has 0 saturated carbocycles. The van der Waals surface area contributed by atoms with Crippen molar-refractivity contribution in [1.29, 1.82) is 0 Å². The van der Waals surface area contributed by atoms with Crippen LogP contribution in [0.25, 0.3) is 11.6 Å². The number of phenols is 2. The first kappa shape index (κ1) is 17.4. The molecule has 0 saturated heterocycles. The van der Waals surface area contributed by atoms with Crippen LogP contribution < -0.4 is 0 Å². The summed E-state index contributed by atoms with van der Waals surface area (Å²) < 4.78 is 1.29. The van der Waals surface area contributed by atoms with E-state index in [2.05, 4.69) is 50.1 Å².